The van der Waals surface area contributed by atoms with E-state index in [0.29, 0.717) is 17.8 Å². The Labute approximate surface area is 191 Å². The van der Waals surface area contributed by atoms with Crippen LogP contribution in [0.2, 0.25) is 0 Å². The molecule has 0 saturated carbocycles. The molecular formula is C29H32N2O. The Hall–Kier alpha value is -2.91. The Morgan fingerprint density at radius 1 is 0.719 bits per heavy atom. The van der Waals surface area contributed by atoms with E-state index in [4.69, 9.17) is 0 Å². The lowest BCUT2D eigenvalue weighted by atomic mass is 9.86. The molecule has 0 bridgehead atoms. The van der Waals surface area contributed by atoms with Gasteiger partial charge in [0.2, 0.25) is 0 Å². The van der Waals surface area contributed by atoms with Crippen molar-refractivity contribution in [3.63, 3.8) is 0 Å². The number of hydrogen-bond donors (Lipinski definition) is 0. The van der Waals surface area contributed by atoms with Gasteiger partial charge in [-0.3, -0.25) is 4.79 Å². The van der Waals surface area contributed by atoms with Gasteiger partial charge < -0.3 is 9.80 Å². The van der Waals surface area contributed by atoms with Gasteiger partial charge in [0.1, 0.15) is 0 Å². The lowest BCUT2D eigenvalue weighted by molar-refractivity contribution is 0.0781. The third-order valence-corrected chi connectivity index (χ3v) is 7.33. The summed E-state index contributed by atoms with van der Waals surface area (Å²) in [6, 6.07) is 31.5. The van der Waals surface area contributed by atoms with Crippen molar-refractivity contribution >= 4 is 5.91 Å². The molecule has 3 heteroatoms. The van der Waals surface area contributed by atoms with Gasteiger partial charge in [0, 0.05) is 31.1 Å². The number of likely N-dealkylation sites (tertiary alicyclic amines) is 2. The Bertz CT molecular complexity index is 997. The first-order valence-electron chi connectivity index (χ1n) is 11.9. The minimum absolute atomic E-state index is 0.164. The highest BCUT2D eigenvalue weighted by molar-refractivity contribution is 5.94. The summed E-state index contributed by atoms with van der Waals surface area (Å²) in [5, 5.41) is 0. The molecule has 164 valence electrons. The van der Waals surface area contributed by atoms with Gasteiger partial charge in [-0.15, -0.1) is 0 Å². The Kier molecular flexibility index (Phi) is 6.36. The second kappa shape index (κ2) is 9.70. The number of rotatable bonds is 5. The predicted molar refractivity (Wildman–Crippen MR) is 130 cm³/mol. The lowest BCUT2D eigenvalue weighted by Crippen LogP contribution is -2.38. The molecule has 3 aromatic rings. The monoisotopic (exact) mass is 424 g/mol. The molecule has 3 aromatic carbocycles. The summed E-state index contributed by atoms with van der Waals surface area (Å²) in [6.45, 7) is 5.00. The molecule has 32 heavy (non-hydrogen) atoms. The summed E-state index contributed by atoms with van der Waals surface area (Å²) in [5.74, 6) is 1.71. The van der Waals surface area contributed by atoms with Crippen LogP contribution in [-0.2, 0) is 0 Å². The van der Waals surface area contributed by atoms with Gasteiger partial charge in [0.15, 0.2) is 0 Å². The van der Waals surface area contributed by atoms with Gasteiger partial charge in [-0.1, -0.05) is 78.9 Å². The van der Waals surface area contributed by atoms with Crippen molar-refractivity contribution in [2.24, 2.45) is 5.92 Å². The van der Waals surface area contributed by atoms with Gasteiger partial charge in [-0.25, -0.2) is 0 Å². The van der Waals surface area contributed by atoms with Crippen LogP contribution in [0.3, 0.4) is 0 Å². The largest absolute Gasteiger partial charge is 0.338 e. The van der Waals surface area contributed by atoms with Crippen molar-refractivity contribution < 1.29 is 4.79 Å². The molecule has 2 heterocycles. The summed E-state index contributed by atoms with van der Waals surface area (Å²) < 4.78 is 0. The smallest absolute Gasteiger partial charge is 0.253 e. The second-order valence-corrected chi connectivity index (χ2v) is 9.34. The van der Waals surface area contributed by atoms with Crippen molar-refractivity contribution in [2.45, 2.75) is 24.7 Å². The molecule has 0 aromatic heterocycles. The maximum Gasteiger partial charge on any atom is 0.253 e. The summed E-state index contributed by atoms with van der Waals surface area (Å²) in [7, 11) is 0. The molecule has 5 rings (SSSR count). The van der Waals surface area contributed by atoms with E-state index in [-0.39, 0.29) is 5.91 Å². The van der Waals surface area contributed by atoms with Crippen molar-refractivity contribution in [1.29, 1.82) is 0 Å². The van der Waals surface area contributed by atoms with Crippen LogP contribution in [0.4, 0.5) is 0 Å². The van der Waals surface area contributed by atoms with Gasteiger partial charge in [-0.05, 0) is 61.0 Å². The lowest BCUT2D eigenvalue weighted by Gasteiger charge is -2.34. The van der Waals surface area contributed by atoms with E-state index in [2.05, 4.69) is 70.5 Å². The average Bonchev–Trinajstić information content (AvgIpc) is 3.29. The van der Waals surface area contributed by atoms with E-state index in [0.717, 1.165) is 38.3 Å². The number of carbonyl (C=O) groups excluding carboxylic acids is 1. The summed E-state index contributed by atoms with van der Waals surface area (Å²) in [4.78, 5) is 17.9. The van der Waals surface area contributed by atoms with Gasteiger partial charge in [-0.2, -0.15) is 0 Å². The van der Waals surface area contributed by atoms with E-state index in [1.807, 2.05) is 30.3 Å². The Morgan fingerprint density at radius 3 is 1.91 bits per heavy atom. The molecule has 1 amide bonds. The Morgan fingerprint density at radius 2 is 1.28 bits per heavy atom. The number of hydrogen-bond acceptors (Lipinski definition) is 2. The number of amides is 1. The molecule has 0 radical (unpaired) electrons. The molecule has 2 aliphatic heterocycles. The van der Waals surface area contributed by atoms with Crippen LogP contribution in [-0.4, -0.2) is 48.4 Å². The second-order valence-electron chi connectivity index (χ2n) is 9.34. The third kappa shape index (κ3) is 4.63. The highest BCUT2D eigenvalue weighted by Gasteiger charge is 2.37. The zero-order chi connectivity index (χ0) is 21.8. The minimum atomic E-state index is 0.164. The normalized spacial score (nSPS) is 22.2. The van der Waals surface area contributed by atoms with E-state index in [1.54, 1.807) is 0 Å². The fourth-order valence-electron chi connectivity index (χ4n) is 5.57. The van der Waals surface area contributed by atoms with Crippen LogP contribution in [0.25, 0.3) is 0 Å². The highest BCUT2D eigenvalue weighted by atomic mass is 16.2. The van der Waals surface area contributed by atoms with Crippen molar-refractivity contribution in [1.82, 2.24) is 9.80 Å². The van der Waals surface area contributed by atoms with Crippen LogP contribution < -0.4 is 0 Å². The van der Waals surface area contributed by atoms with Crippen LogP contribution >= 0.6 is 0 Å². The maximum atomic E-state index is 13.2. The molecule has 0 aliphatic carbocycles. The molecule has 2 fully saturated rings. The first-order valence-corrected chi connectivity index (χ1v) is 11.9. The van der Waals surface area contributed by atoms with E-state index < -0.39 is 0 Å². The minimum Gasteiger partial charge on any atom is -0.338 e. The first-order chi connectivity index (χ1) is 15.8. The fourth-order valence-corrected chi connectivity index (χ4v) is 5.57. The summed E-state index contributed by atoms with van der Waals surface area (Å²) in [6.07, 6.45) is 2.44. The van der Waals surface area contributed by atoms with Crippen molar-refractivity contribution in [3.8, 4) is 0 Å². The van der Waals surface area contributed by atoms with Crippen LogP contribution in [0.15, 0.2) is 91.0 Å². The maximum absolute atomic E-state index is 13.2. The summed E-state index contributed by atoms with van der Waals surface area (Å²) >= 11 is 0. The SMILES string of the molecule is O=C(c1ccccc1)N1C[C@@H](CN2CCC(c3ccccc3)CC2)[C@H](c2ccccc2)C1. The number of piperidine rings is 1. The van der Waals surface area contributed by atoms with E-state index in [9.17, 15) is 4.79 Å². The average molecular weight is 425 g/mol. The van der Waals surface area contributed by atoms with E-state index in [1.165, 1.54) is 24.0 Å². The fraction of sp³-hybridized carbons (Fsp3) is 0.345. The predicted octanol–water partition coefficient (Wildman–Crippen LogP) is 5.42. The molecule has 3 nitrogen and oxygen atoms in total. The van der Waals surface area contributed by atoms with Crippen LogP contribution in [0.5, 0.6) is 0 Å². The standard InChI is InChI=1S/C29H32N2O/c32-29(26-14-8-3-9-15-26)31-21-27(28(22-31)25-12-6-2-7-13-25)20-30-18-16-24(17-19-30)23-10-4-1-5-11-23/h1-15,24,27-28H,16-22H2/t27-,28+/m1/s1. The quantitative estimate of drug-likeness (QED) is 0.546. The zero-order valence-electron chi connectivity index (χ0n) is 18.6. The van der Waals surface area contributed by atoms with E-state index >= 15 is 0 Å². The molecular weight excluding hydrogens is 392 g/mol. The molecule has 2 aliphatic rings. The number of benzene rings is 3. The van der Waals surface area contributed by atoms with Gasteiger partial charge in [0.25, 0.3) is 5.91 Å². The number of carbonyl (C=O) groups is 1. The third-order valence-electron chi connectivity index (χ3n) is 7.33. The molecule has 0 spiro atoms. The van der Waals surface area contributed by atoms with Crippen molar-refractivity contribution in [3.05, 3.63) is 108 Å². The first kappa shape index (κ1) is 21.0. The Balaban J connectivity index is 1.27. The highest BCUT2D eigenvalue weighted by Crippen LogP contribution is 2.35. The molecule has 2 atom stereocenters. The molecule has 0 N–H and O–H groups in total. The topological polar surface area (TPSA) is 23.6 Å². The summed E-state index contributed by atoms with van der Waals surface area (Å²) in [5.41, 5.74) is 3.64. The van der Waals surface area contributed by atoms with Gasteiger partial charge >= 0.3 is 0 Å². The van der Waals surface area contributed by atoms with Crippen LogP contribution in [0, 0.1) is 5.92 Å². The molecule has 0 unspecified atom stereocenters. The van der Waals surface area contributed by atoms with Gasteiger partial charge in [0.05, 0.1) is 0 Å². The zero-order valence-corrected chi connectivity index (χ0v) is 18.6. The molecule has 2 saturated heterocycles. The van der Waals surface area contributed by atoms with Crippen LogP contribution in [0.1, 0.15) is 46.2 Å². The van der Waals surface area contributed by atoms with Crippen molar-refractivity contribution in [2.75, 3.05) is 32.7 Å². The number of nitrogens with zero attached hydrogens (tertiary/aromatic N) is 2.